The summed E-state index contributed by atoms with van der Waals surface area (Å²) in [7, 11) is 4.47. The molecule has 0 bridgehead atoms. The molecule has 2 aromatic rings. The molecule has 148 valence electrons. The third-order valence-electron chi connectivity index (χ3n) is 5.02. The fourth-order valence-corrected chi connectivity index (χ4v) is 3.94. The Morgan fingerprint density at radius 1 is 1.11 bits per heavy atom. The number of rotatable bonds is 6. The topological polar surface area (TPSA) is 65.1 Å². The third-order valence-corrected chi connectivity index (χ3v) is 5.34. The average Bonchev–Trinajstić information content (AvgIpc) is 2.74. The first-order valence-electron chi connectivity index (χ1n) is 8.80. The van der Waals surface area contributed by atoms with Crippen LogP contribution in [0.4, 0.5) is 0 Å². The van der Waals surface area contributed by atoms with E-state index in [0.717, 1.165) is 5.56 Å². The van der Waals surface area contributed by atoms with Crippen molar-refractivity contribution in [2.75, 3.05) is 27.2 Å². The van der Waals surface area contributed by atoms with Crippen molar-refractivity contribution in [1.29, 1.82) is 0 Å². The molecule has 0 aromatic heterocycles. The van der Waals surface area contributed by atoms with E-state index in [4.69, 9.17) is 25.8 Å². The Hall–Kier alpha value is -2.73. The molecule has 1 amide bonds. The smallest absolute Gasteiger partial charge is 0.315 e. The number of nitrogens with zero attached hydrogens (tertiary/aromatic N) is 1. The Labute approximate surface area is 168 Å². The molecule has 0 unspecified atom stereocenters. The van der Waals surface area contributed by atoms with E-state index < -0.39 is 17.9 Å². The van der Waals surface area contributed by atoms with Crippen LogP contribution in [0.3, 0.4) is 0 Å². The molecule has 28 heavy (non-hydrogen) atoms. The first-order valence-corrected chi connectivity index (χ1v) is 9.33. The number of ether oxygens (including phenoxy) is 3. The zero-order valence-corrected chi connectivity index (χ0v) is 16.7. The number of carbonyl (C=O) groups is 2. The Kier molecular flexibility index (Phi) is 6.09. The zero-order valence-electron chi connectivity index (χ0n) is 16.0. The van der Waals surface area contributed by atoms with E-state index in [1.165, 1.54) is 7.11 Å². The molecule has 1 aliphatic heterocycles. The number of halogens is 1. The summed E-state index contributed by atoms with van der Waals surface area (Å²) in [6, 6.07) is 11.9. The van der Waals surface area contributed by atoms with Crippen molar-refractivity contribution in [1.82, 2.24) is 4.90 Å². The molecule has 1 aliphatic rings. The van der Waals surface area contributed by atoms with Gasteiger partial charge in [-0.3, -0.25) is 9.59 Å². The van der Waals surface area contributed by atoms with Crippen LogP contribution in [0.15, 0.2) is 42.5 Å². The van der Waals surface area contributed by atoms with E-state index in [0.29, 0.717) is 22.6 Å². The fraction of sp³-hybridized carbons (Fsp3) is 0.333. The second-order valence-corrected chi connectivity index (χ2v) is 6.73. The summed E-state index contributed by atoms with van der Waals surface area (Å²) in [5.41, 5.74) is 1.91. The summed E-state index contributed by atoms with van der Waals surface area (Å²) in [4.78, 5) is 27.4. The third kappa shape index (κ3) is 3.52. The predicted molar refractivity (Wildman–Crippen MR) is 105 cm³/mol. The van der Waals surface area contributed by atoms with E-state index in [1.807, 2.05) is 6.07 Å². The van der Waals surface area contributed by atoms with Gasteiger partial charge in [-0.05, 0) is 23.8 Å². The van der Waals surface area contributed by atoms with Gasteiger partial charge in [0, 0.05) is 23.1 Å². The van der Waals surface area contributed by atoms with Gasteiger partial charge in [-0.1, -0.05) is 18.2 Å². The lowest BCUT2D eigenvalue weighted by atomic mass is 9.83. The molecule has 0 saturated heterocycles. The Morgan fingerprint density at radius 2 is 1.86 bits per heavy atom. The van der Waals surface area contributed by atoms with E-state index in [-0.39, 0.29) is 18.3 Å². The zero-order chi connectivity index (χ0) is 20.3. The highest BCUT2D eigenvalue weighted by Gasteiger charge is 2.43. The van der Waals surface area contributed by atoms with Crippen molar-refractivity contribution in [2.24, 2.45) is 0 Å². The lowest BCUT2D eigenvalue weighted by Gasteiger charge is -2.40. The van der Waals surface area contributed by atoms with Gasteiger partial charge in [0.2, 0.25) is 0 Å². The second kappa shape index (κ2) is 8.52. The minimum Gasteiger partial charge on any atom is -0.497 e. The van der Waals surface area contributed by atoms with Gasteiger partial charge < -0.3 is 19.1 Å². The van der Waals surface area contributed by atoms with Crippen LogP contribution in [0.2, 0.25) is 0 Å². The van der Waals surface area contributed by atoms with Crippen molar-refractivity contribution >= 4 is 23.5 Å². The summed E-state index contributed by atoms with van der Waals surface area (Å²) >= 11 is 6.24. The number of hydrogen-bond donors (Lipinski definition) is 0. The molecular weight excluding hydrogens is 382 g/mol. The molecule has 0 saturated carbocycles. The van der Waals surface area contributed by atoms with Crippen LogP contribution in [-0.2, 0) is 16.1 Å². The number of esters is 1. The Bertz CT molecular complexity index is 885. The van der Waals surface area contributed by atoms with Crippen LogP contribution in [-0.4, -0.2) is 50.0 Å². The molecule has 3 rings (SSSR count). The Morgan fingerprint density at radius 3 is 2.50 bits per heavy atom. The van der Waals surface area contributed by atoms with Crippen LogP contribution in [0.1, 0.15) is 27.4 Å². The van der Waals surface area contributed by atoms with Crippen molar-refractivity contribution in [2.45, 2.75) is 18.5 Å². The maximum atomic E-state index is 13.2. The monoisotopic (exact) mass is 403 g/mol. The van der Waals surface area contributed by atoms with E-state index in [1.54, 1.807) is 55.5 Å². The quantitative estimate of drug-likeness (QED) is 0.547. The van der Waals surface area contributed by atoms with Gasteiger partial charge >= 0.3 is 5.97 Å². The van der Waals surface area contributed by atoms with E-state index in [2.05, 4.69) is 0 Å². The summed E-state index contributed by atoms with van der Waals surface area (Å²) < 4.78 is 15.7. The first-order chi connectivity index (χ1) is 13.5. The van der Waals surface area contributed by atoms with Gasteiger partial charge in [0.25, 0.3) is 5.91 Å². The maximum Gasteiger partial charge on any atom is 0.315 e. The van der Waals surface area contributed by atoms with Gasteiger partial charge in [0.05, 0.1) is 33.9 Å². The molecule has 7 heteroatoms. The van der Waals surface area contributed by atoms with Crippen molar-refractivity contribution in [3.8, 4) is 11.5 Å². The van der Waals surface area contributed by atoms with E-state index >= 15 is 0 Å². The van der Waals surface area contributed by atoms with Crippen molar-refractivity contribution < 1.29 is 23.8 Å². The lowest BCUT2D eigenvalue weighted by Crippen LogP contribution is -2.51. The standard InChI is InChI=1S/C21H22ClNO5/c1-26-14-9-8-13(18(10-14)27-2)12-23-17(11-22)19(21(25)28-3)15-6-4-5-7-16(15)20(23)24/h4-10,17,19H,11-12H2,1-3H3/t17-,19+/m0/s1. The largest absolute Gasteiger partial charge is 0.497 e. The molecule has 0 aliphatic carbocycles. The Balaban J connectivity index is 2.05. The number of carbonyl (C=O) groups excluding carboxylic acids is 2. The predicted octanol–water partition coefficient (Wildman–Crippen LogP) is 3.22. The summed E-state index contributed by atoms with van der Waals surface area (Å²) in [6.07, 6.45) is 0. The summed E-state index contributed by atoms with van der Waals surface area (Å²) in [5, 5.41) is 0. The molecular formula is C21H22ClNO5. The van der Waals surface area contributed by atoms with Crippen LogP contribution in [0, 0.1) is 0 Å². The van der Waals surface area contributed by atoms with Gasteiger partial charge in [-0.2, -0.15) is 0 Å². The molecule has 6 nitrogen and oxygen atoms in total. The lowest BCUT2D eigenvalue weighted by molar-refractivity contribution is -0.144. The van der Waals surface area contributed by atoms with Crippen LogP contribution < -0.4 is 9.47 Å². The molecule has 2 aromatic carbocycles. The molecule has 0 radical (unpaired) electrons. The molecule has 0 fully saturated rings. The van der Waals surface area contributed by atoms with Crippen molar-refractivity contribution in [3.63, 3.8) is 0 Å². The molecule has 0 spiro atoms. The number of benzene rings is 2. The van der Waals surface area contributed by atoms with E-state index in [9.17, 15) is 9.59 Å². The highest BCUT2D eigenvalue weighted by atomic mass is 35.5. The fourth-order valence-electron chi connectivity index (χ4n) is 3.59. The summed E-state index contributed by atoms with van der Waals surface area (Å²) in [5.74, 6) is 0.0848. The van der Waals surface area contributed by atoms with Gasteiger partial charge in [0.15, 0.2) is 0 Å². The summed E-state index contributed by atoms with van der Waals surface area (Å²) in [6.45, 7) is 0.241. The second-order valence-electron chi connectivity index (χ2n) is 6.42. The van der Waals surface area contributed by atoms with Crippen LogP contribution in [0.25, 0.3) is 0 Å². The maximum absolute atomic E-state index is 13.2. The van der Waals surface area contributed by atoms with Gasteiger partial charge in [-0.25, -0.2) is 0 Å². The minimum atomic E-state index is -0.652. The van der Waals surface area contributed by atoms with Crippen LogP contribution >= 0.6 is 11.6 Å². The molecule has 2 atom stereocenters. The first kappa shape index (κ1) is 20.0. The van der Waals surface area contributed by atoms with Crippen LogP contribution in [0.5, 0.6) is 11.5 Å². The molecule has 0 N–H and O–H groups in total. The number of amides is 1. The average molecular weight is 404 g/mol. The SMILES string of the molecule is COC(=O)[C@@H]1c2ccccc2C(=O)N(Cc2ccc(OC)cc2OC)[C@H]1CCl. The van der Waals surface area contributed by atoms with Crippen molar-refractivity contribution in [3.05, 3.63) is 59.2 Å². The highest BCUT2D eigenvalue weighted by molar-refractivity contribution is 6.19. The molecule has 1 heterocycles. The van der Waals surface area contributed by atoms with Gasteiger partial charge in [-0.15, -0.1) is 11.6 Å². The highest BCUT2D eigenvalue weighted by Crippen LogP contribution is 2.37. The number of alkyl halides is 1. The van der Waals surface area contributed by atoms with Gasteiger partial charge in [0.1, 0.15) is 17.4 Å². The minimum absolute atomic E-state index is 0.0955. The normalized spacial score (nSPS) is 18.4. The number of methoxy groups -OCH3 is 3. The number of fused-ring (bicyclic) bond motifs is 1. The number of hydrogen-bond acceptors (Lipinski definition) is 5.